The van der Waals surface area contributed by atoms with E-state index < -0.39 is 0 Å². The highest BCUT2D eigenvalue weighted by Gasteiger charge is 2.35. The zero-order chi connectivity index (χ0) is 13.2. The molecule has 2 heterocycles. The summed E-state index contributed by atoms with van der Waals surface area (Å²) in [6.45, 7) is 2.49. The Morgan fingerprint density at radius 2 is 2.16 bits per heavy atom. The van der Waals surface area contributed by atoms with Gasteiger partial charge in [0.15, 0.2) is 0 Å². The van der Waals surface area contributed by atoms with Crippen LogP contribution in [0.3, 0.4) is 0 Å². The monoisotopic (exact) mass is 319 g/mol. The molecule has 0 radical (unpaired) electrons. The van der Waals surface area contributed by atoms with Crippen LogP contribution in [0.25, 0.3) is 0 Å². The fourth-order valence-electron chi connectivity index (χ4n) is 3.33. The highest BCUT2D eigenvalue weighted by molar-refractivity contribution is 9.10. The number of hydrogen-bond acceptors (Lipinski definition) is 3. The Balaban J connectivity index is 1.71. The zero-order valence-electron chi connectivity index (χ0n) is 10.9. The Labute approximate surface area is 122 Å². The first-order valence-corrected chi connectivity index (χ1v) is 7.77. The van der Waals surface area contributed by atoms with Crippen molar-refractivity contribution in [3.63, 3.8) is 0 Å². The number of rotatable bonds is 2. The van der Waals surface area contributed by atoms with Crippen molar-refractivity contribution in [3.05, 3.63) is 28.2 Å². The molecule has 2 saturated heterocycles. The molecule has 0 spiro atoms. The molecular weight excluding hydrogens is 302 g/mol. The third-order valence-electron chi connectivity index (χ3n) is 4.30. The molecule has 2 fully saturated rings. The highest BCUT2D eigenvalue weighted by atomic mass is 79.9. The van der Waals surface area contributed by atoms with E-state index in [1.807, 2.05) is 18.2 Å². The SMILES string of the molecule is N#Cc1ccc(NC2CCN3CCCCC23)cc1Br. The van der Waals surface area contributed by atoms with Gasteiger partial charge >= 0.3 is 0 Å². The fourth-order valence-corrected chi connectivity index (χ4v) is 3.79. The zero-order valence-corrected chi connectivity index (χ0v) is 12.5. The van der Waals surface area contributed by atoms with Crippen molar-refractivity contribution >= 4 is 21.6 Å². The van der Waals surface area contributed by atoms with Gasteiger partial charge in [0.2, 0.25) is 0 Å². The second kappa shape index (κ2) is 5.52. The second-order valence-corrected chi connectivity index (χ2v) is 6.30. The van der Waals surface area contributed by atoms with Gasteiger partial charge in [-0.15, -0.1) is 0 Å². The molecule has 0 aromatic heterocycles. The number of nitrogens with zero attached hydrogens (tertiary/aromatic N) is 2. The maximum Gasteiger partial charge on any atom is 0.100 e. The number of hydrogen-bond donors (Lipinski definition) is 1. The molecule has 0 saturated carbocycles. The molecule has 19 heavy (non-hydrogen) atoms. The molecule has 1 N–H and O–H groups in total. The van der Waals surface area contributed by atoms with E-state index in [-0.39, 0.29) is 0 Å². The van der Waals surface area contributed by atoms with E-state index in [0.29, 0.717) is 17.6 Å². The Bertz CT molecular complexity index is 509. The van der Waals surface area contributed by atoms with E-state index in [1.54, 1.807) is 0 Å². The summed E-state index contributed by atoms with van der Waals surface area (Å²) in [5, 5.41) is 12.6. The molecule has 3 nitrogen and oxygen atoms in total. The van der Waals surface area contributed by atoms with Crippen LogP contribution in [0.1, 0.15) is 31.2 Å². The van der Waals surface area contributed by atoms with Gasteiger partial charge in [-0.05, 0) is 59.9 Å². The Morgan fingerprint density at radius 1 is 1.26 bits per heavy atom. The lowest BCUT2D eigenvalue weighted by Crippen LogP contribution is -2.41. The molecule has 2 aliphatic rings. The van der Waals surface area contributed by atoms with Crippen LogP contribution in [0.4, 0.5) is 5.69 Å². The van der Waals surface area contributed by atoms with Crippen LogP contribution in [-0.4, -0.2) is 30.1 Å². The van der Waals surface area contributed by atoms with E-state index in [2.05, 4.69) is 32.2 Å². The summed E-state index contributed by atoms with van der Waals surface area (Å²) < 4.78 is 0.874. The van der Waals surface area contributed by atoms with Crippen molar-refractivity contribution in [2.75, 3.05) is 18.4 Å². The summed E-state index contributed by atoms with van der Waals surface area (Å²) in [6, 6.07) is 9.33. The van der Waals surface area contributed by atoms with E-state index >= 15 is 0 Å². The van der Waals surface area contributed by atoms with Gasteiger partial charge in [0, 0.05) is 28.8 Å². The maximum atomic E-state index is 8.94. The van der Waals surface area contributed by atoms with Crippen molar-refractivity contribution in [2.24, 2.45) is 0 Å². The van der Waals surface area contributed by atoms with Crippen molar-refractivity contribution in [3.8, 4) is 6.07 Å². The van der Waals surface area contributed by atoms with Crippen molar-refractivity contribution < 1.29 is 0 Å². The highest BCUT2D eigenvalue weighted by Crippen LogP contribution is 2.30. The number of piperidine rings is 1. The summed E-state index contributed by atoms with van der Waals surface area (Å²) in [4.78, 5) is 2.62. The molecule has 0 aliphatic carbocycles. The third kappa shape index (κ3) is 2.63. The van der Waals surface area contributed by atoms with E-state index in [9.17, 15) is 0 Å². The maximum absolute atomic E-state index is 8.94. The molecule has 2 atom stereocenters. The summed E-state index contributed by atoms with van der Waals surface area (Å²) in [6.07, 6.45) is 5.25. The largest absolute Gasteiger partial charge is 0.381 e. The van der Waals surface area contributed by atoms with E-state index in [0.717, 1.165) is 10.2 Å². The fraction of sp³-hybridized carbons (Fsp3) is 0.533. The summed E-state index contributed by atoms with van der Waals surface area (Å²) >= 11 is 3.45. The van der Waals surface area contributed by atoms with Gasteiger partial charge in [0.1, 0.15) is 6.07 Å². The third-order valence-corrected chi connectivity index (χ3v) is 4.95. The van der Waals surface area contributed by atoms with Crippen molar-refractivity contribution in [2.45, 2.75) is 37.8 Å². The van der Waals surface area contributed by atoms with Crippen LogP contribution in [-0.2, 0) is 0 Å². The topological polar surface area (TPSA) is 39.1 Å². The number of nitrogens with one attached hydrogen (secondary N) is 1. The molecule has 3 rings (SSSR count). The molecule has 0 amide bonds. The summed E-state index contributed by atoms with van der Waals surface area (Å²) in [7, 11) is 0. The Morgan fingerprint density at radius 3 is 2.95 bits per heavy atom. The van der Waals surface area contributed by atoms with Crippen LogP contribution in [0.2, 0.25) is 0 Å². The standard InChI is InChI=1S/C15H18BrN3/c16-13-9-12(5-4-11(13)10-17)18-14-6-8-19-7-2-1-3-15(14)19/h4-5,9,14-15,18H,1-3,6-8H2. The van der Waals surface area contributed by atoms with Gasteiger partial charge in [0.25, 0.3) is 0 Å². The van der Waals surface area contributed by atoms with Gasteiger partial charge < -0.3 is 5.32 Å². The molecule has 2 unspecified atom stereocenters. The van der Waals surface area contributed by atoms with Gasteiger partial charge in [-0.2, -0.15) is 5.26 Å². The number of anilines is 1. The van der Waals surface area contributed by atoms with Crippen LogP contribution < -0.4 is 5.32 Å². The number of benzene rings is 1. The van der Waals surface area contributed by atoms with E-state index in [4.69, 9.17) is 5.26 Å². The molecule has 0 bridgehead atoms. The Kier molecular flexibility index (Phi) is 3.76. The van der Waals surface area contributed by atoms with Crippen LogP contribution >= 0.6 is 15.9 Å². The summed E-state index contributed by atoms with van der Waals surface area (Å²) in [5.74, 6) is 0. The van der Waals surface area contributed by atoms with Crippen molar-refractivity contribution in [1.29, 1.82) is 5.26 Å². The van der Waals surface area contributed by atoms with E-state index in [1.165, 1.54) is 38.8 Å². The molecule has 2 aliphatic heterocycles. The van der Waals surface area contributed by atoms with Gasteiger partial charge in [-0.25, -0.2) is 0 Å². The molecule has 1 aromatic carbocycles. The smallest absolute Gasteiger partial charge is 0.100 e. The van der Waals surface area contributed by atoms with Crippen LogP contribution in [0.15, 0.2) is 22.7 Å². The number of nitriles is 1. The first-order valence-electron chi connectivity index (χ1n) is 6.98. The van der Waals surface area contributed by atoms with Gasteiger partial charge in [-0.1, -0.05) is 6.42 Å². The predicted molar refractivity (Wildman–Crippen MR) is 80.1 cm³/mol. The molecule has 4 heteroatoms. The first-order chi connectivity index (χ1) is 9.28. The normalized spacial score (nSPS) is 26.7. The lowest BCUT2D eigenvalue weighted by atomic mass is 9.99. The molecular formula is C15H18BrN3. The van der Waals surface area contributed by atoms with Crippen molar-refractivity contribution in [1.82, 2.24) is 4.90 Å². The van der Waals surface area contributed by atoms with Crippen LogP contribution in [0, 0.1) is 11.3 Å². The van der Waals surface area contributed by atoms with Gasteiger partial charge in [-0.3, -0.25) is 4.90 Å². The van der Waals surface area contributed by atoms with Crippen LogP contribution in [0.5, 0.6) is 0 Å². The number of fused-ring (bicyclic) bond motifs is 1. The minimum atomic E-state index is 0.556. The lowest BCUT2D eigenvalue weighted by molar-refractivity contribution is 0.193. The Hall–Kier alpha value is -1.05. The predicted octanol–water partition coefficient (Wildman–Crippen LogP) is 3.36. The minimum Gasteiger partial charge on any atom is -0.381 e. The quantitative estimate of drug-likeness (QED) is 0.908. The first kappa shape index (κ1) is 13.0. The molecule has 1 aromatic rings. The second-order valence-electron chi connectivity index (χ2n) is 5.45. The number of halogens is 1. The summed E-state index contributed by atoms with van der Waals surface area (Å²) in [5.41, 5.74) is 1.81. The average molecular weight is 320 g/mol. The minimum absolute atomic E-state index is 0.556. The molecule has 100 valence electrons. The lowest BCUT2D eigenvalue weighted by Gasteiger charge is -2.33. The van der Waals surface area contributed by atoms with Gasteiger partial charge in [0.05, 0.1) is 5.56 Å². The average Bonchev–Trinajstić information content (AvgIpc) is 2.83.